The SMILES string of the molecule is CCCC(C)CC(C)(C)CCCO. The minimum absolute atomic E-state index is 0.339. The topological polar surface area (TPSA) is 20.2 Å². The molecular weight excluding hydrogens is 160 g/mol. The highest BCUT2D eigenvalue weighted by atomic mass is 16.2. The predicted octanol–water partition coefficient (Wildman–Crippen LogP) is 3.61. The molecule has 0 bridgehead atoms. The van der Waals surface area contributed by atoms with Crippen LogP contribution in [0.15, 0.2) is 0 Å². The van der Waals surface area contributed by atoms with Crippen molar-refractivity contribution in [2.75, 3.05) is 6.61 Å². The standard InChI is InChI=1S/C12H26O/c1-5-7-11(2)10-12(3,4)8-6-9-13/h11,13H,5-10H2,1-4H3. The molecule has 1 nitrogen and oxygen atoms in total. The van der Waals surface area contributed by atoms with E-state index < -0.39 is 0 Å². The fourth-order valence-electron chi connectivity index (χ4n) is 2.20. The van der Waals surface area contributed by atoms with Gasteiger partial charge in [-0.3, -0.25) is 0 Å². The molecule has 0 saturated heterocycles. The second-order valence-corrected chi connectivity index (χ2v) is 5.09. The monoisotopic (exact) mass is 186 g/mol. The fourth-order valence-corrected chi connectivity index (χ4v) is 2.20. The smallest absolute Gasteiger partial charge is 0.0431 e. The van der Waals surface area contributed by atoms with Gasteiger partial charge in [-0.2, -0.15) is 0 Å². The Bertz CT molecular complexity index is 118. The zero-order valence-corrected chi connectivity index (χ0v) is 9.77. The van der Waals surface area contributed by atoms with Crippen molar-refractivity contribution in [3.63, 3.8) is 0 Å². The van der Waals surface area contributed by atoms with E-state index in [1.807, 2.05) is 0 Å². The minimum Gasteiger partial charge on any atom is -0.396 e. The summed E-state index contributed by atoms with van der Waals surface area (Å²) in [6.45, 7) is 9.55. The van der Waals surface area contributed by atoms with Crippen molar-refractivity contribution in [1.29, 1.82) is 0 Å². The number of aliphatic hydroxyl groups is 1. The molecule has 0 heterocycles. The van der Waals surface area contributed by atoms with E-state index in [9.17, 15) is 0 Å². The lowest BCUT2D eigenvalue weighted by atomic mass is 9.78. The average molecular weight is 186 g/mol. The lowest BCUT2D eigenvalue weighted by Crippen LogP contribution is -2.16. The van der Waals surface area contributed by atoms with Crippen LogP contribution in [0.3, 0.4) is 0 Å². The van der Waals surface area contributed by atoms with E-state index in [-0.39, 0.29) is 0 Å². The summed E-state index contributed by atoms with van der Waals surface area (Å²) in [7, 11) is 0. The van der Waals surface area contributed by atoms with Gasteiger partial charge in [0.15, 0.2) is 0 Å². The quantitative estimate of drug-likeness (QED) is 0.644. The van der Waals surface area contributed by atoms with Gasteiger partial charge in [0.1, 0.15) is 0 Å². The van der Waals surface area contributed by atoms with E-state index in [4.69, 9.17) is 5.11 Å². The highest BCUT2D eigenvalue weighted by Crippen LogP contribution is 2.31. The zero-order chi connectivity index (χ0) is 10.3. The number of hydrogen-bond donors (Lipinski definition) is 1. The van der Waals surface area contributed by atoms with Gasteiger partial charge >= 0.3 is 0 Å². The highest BCUT2D eigenvalue weighted by Gasteiger charge is 2.19. The van der Waals surface area contributed by atoms with Crippen LogP contribution in [0, 0.1) is 11.3 Å². The van der Waals surface area contributed by atoms with E-state index in [0.717, 1.165) is 18.8 Å². The van der Waals surface area contributed by atoms with E-state index in [1.165, 1.54) is 19.3 Å². The summed E-state index contributed by atoms with van der Waals surface area (Å²) in [5.74, 6) is 0.832. The number of rotatable bonds is 7. The van der Waals surface area contributed by atoms with Gasteiger partial charge < -0.3 is 5.11 Å². The first kappa shape index (κ1) is 13.0. The lowest BCUT2D eigenvalue weighted by molar-refractivity contribution is 0.208. The van der Waals surface area contributed by atoms with Crippen LogP contribution in [0.4, 0.5) is 0 Å². The van der Waals surface area contributed by atoms with Crippen molar-refractivity contribution in [3.8, 4) is 0 Å². The molecule has 0 saturated carbocycles. The molecule has 0 aliphatic carbocycles. The van der Waals surface area contributed by atoms with Crippen molar-refractivity contribution in [2.24, 2.45) is 11.3 Å². The minimum atomic E-state index is 0.339. The Morgan fingerprint density at radius 3 is 2.38 bits per heavy atom. The molecule has 80 valence electrons. The molecule has 1 atom stereocenters. The molecule has 0 aliphatic heterocycles. The molecule has 13 heavy (non-hydrogen) atoms. The molecule has 0 rings (SSSR count). The van der Waals surface area contributed by atoms with Gasteiger partial charge in [0.05, 0.1) is 0 Å². The molecule has 0 aromatic rings. The molecule has 0 aliphatic rings. The summed E-state index contributed by atoms with van der Waals surface area (Å²) in [6, 6.07) is 0. The Morgan fingerprint density at radius 1 is 1.31 bits per heavy atom. The number of hydrogen-bond acceptors (Lipinski definition) is 1. The first-order chi connectivity index (χ1) is 6.02. The normalized spacial score (nSPS) is 14.5. The Kier molecular flexibility index (Phi) is 6.40. The molecule has 1 N–H and O–H groups in total. The Morgan fingerprint density at radius 2 is 1.92 bits per heavy atom. The number of aliphatic hydroxyl groups excluding tert-OH is 1. The van der Waals surface area contributed by atoms with Crippen LogP contribution < -0.4 is 0 Å². The van der Waals surface area contributed by atoms with Crippen LogP contribution in [-0.4, -0.2) is 11.7 Å². The van der Waals surface area contributed by atoms with Gasteiger partial charge in [-0.05, 0) is 30.6 Å². The molecule has 1 unspecified atom stereocenters. The molecule has 0 aromatic carbocycles. The summed E-state index contributed by atoms with van der Waals surface area (Å²) in [6.07, 6.45) is 6.02. The third-order valence-corrected chi connectivity index (χ3v) is 2.69. The van der Waals surface area contributed by atoms with Crippen molar-refractivity contribution in [3.05, 3.63) is 0 Å². The predicted molar refractivity (Wildman–Crippen MR) is 58.8 cm³/mol. The summed E-state index contributed by atoms with van der Waals surface area (Å²) in [4.78, 5) is 0. The summed E-state index contributed by atoms with van der Waals surface area (Å²) in [5, 5.41) is 8.77. The lowest BCUT2D eigenvalue weighted by Gasteiger charge is -2.27. The van der Waals surface area contributed by atoms with E-state index in [2.05, 4.69) is 27.7 Å². The van der Waals surface area contributed by atoms with Gasteiger partial charge in [-0.1, -0.05) is 40.5 Å². The van der Waals surface area contributed by atoms with Crippen LogP contribution in [0.5, 0.6) is 0 Å². The zero-order valence-electron chi connectivity index (χ0n) is 9.77. The molecule has 0 spiro atoms. The van der Waals surface area contributed by atoms with Crippen LogP contribution in [0.2, 0.25) is 0 Å². The van der Waals surface area contributed by atoms with Crippen molar-refractivity contribution in [1.82, 2.24) is 0 Å². The van der Waals surface area contributed by atoms with E-state index >= 15 is 0 Å². The van der Waals surface area contributed by atoms with Gasteiger partial charge in [-0.25, -0.2) is 0 Å². The van der Waals surface area contributed by atoms with Crippen molar-refractivity contribution < 1.29 is 5.11 Å². The van der Waals surface area contributed by atoms with Crippen LogP contribution in [0.25, 0.3) is 0 Å². The van der Waals surface area contributed by atoms with Gasteiger partial charge in [0.2, 0.25) is 0 Å². The first-order valence-corrected chi connectivity index (χ1v) is 5.62. The summed E-state index contributed by atoms with van der Waals surface area (Å²) < 4.78 is 0. The molecule has 1 heteroatoms. The highest BCUT2D eigenvalue weighted by molar-refractivity contribution is 4.71. The average Bonchev–Trinajstić information content (AvgIpc) is 2.00. The Labute approximate surface area is 83.5 Å². The molecular formula is C12H26O. The van der Waals surface area contributed by atoms with E-state index in [0.29, 0.717) is 12.0 Å². The second kappa shape index (κ2) is 6.42. The molecule has 0 radical (unpaired) electrons. The molecule has 0 amide bonds. The van der Waals surface area contributed by atoms with Gasteiger partial charge in [-0.15, -0.1) is 0 Å². The summed E-state index contributed by atoms with van der Waals surface area (Å²) in [5.41, 5.74) is 0.414. The maximum atomic E-state index is 8.77. The van der Waals surface area contributed by atoms with Gasteiger partial charge in [0.25, 0.3) is 0 Å². The second-order valence-electron chi connectivity index (χ2n) is 5.09. The van der Waals surface area contributed by atoms with Gasteiger partial charge in [0, 0.05) is 6.61 Å². The van der Waals surface area contributed by atoms with E-state index in [1.54, 1.807) is 0 Å². The van der Waals surface area contributed by atoms with Crippen molar-refractivity contribution in [2.45, 2.75) is 59.8 Å². The maximum Gasteiger partial charge on any atom is 0.0431 e. The fraction of sp³-hybridized carbons (Fsp3) is 1.00. The molecule has 0 fully saturated rings. The Balaban J connectivity index is 3.71. The van der Waals surface area contributed by atoms with Crippen molar-refractivity contribution >= 4 is 0 Å². The van der Waals surface area contributed by atoms with Crippen LogP contribution in [0.1, 0.15) is 59.8 Å². The largest absolute Gasteiger partial charge is 0.396 e. The van der Waals surface area contributed by atoms with Crippen LogP contribution in [-0.2, 0) is 0 Å². The van der Waals surface area contributed by atoms with Crippen LogP contribution >= 0.6 is 0 Å². The maximum absolute atomic E-state index is 8.77. The molecule has 0 aromatic heterocycles. The third kappa shape index (κ3) is 7.06. The third-order valence-electron chi connectivity index (χ3n) is 2.69. The first-order valence-electron chi connectivity index (χ1n) is 5.62. The Hall–Kier alpha value is -0.0400. The summed E-state index contributed by atoms with van der Waals surface area (Å²) >= 11 is 0.